The fraction of sp³-hybridized carbons (Fsp3) is 0.364. The number of aromatic amines is 1. The molecule has 0 bridgehead atoms. The maximum absolute atomic E-state index is 12.8. The van der Waals surface area contributed by atoms with Gasteiger partial charge >= 0.3 is 0 Å². The highest BCUT2D eigenvalue weighted by Crippen LogP contribution is 2.17. The molecule has 0 spiro atoms. The Morgan fingerprint density at radius 3 is 2.71 bits per heavy atom. The number of nitrogens with zero attached hydrogens (tertiary/aromatic N) is 3. The summed E-state index contributed by atoms with van der Waals surface area (Å²) in [6.07, 6.45) is 2.66. The highest BCUT2D eigenvalue weighted by Gasteiger charge is 2.12. The van der Waals surface area contributed by atoms with Crippen LogP contribution in [0.15, 0.2) is 17.2 Å². The molecule has 90 valence electrons. The predicted molar refractivity (Wildman–Crippen MR) is 61.1 cm³/mol. The molecule has 0 radical (unpaired) electrons. The van der Waals surface area contributed by atoms with Crippen LogP contribution in [0.2, 0.25) is 0 Å². The van der Waals surface area contributed by atoms with Crippen molar-refractivity contribution in [3.05, 3.63) is 34.4 Å². The van der Waals surface area contributed by atoms with Crippen molar-refractivity contribution in [2.75, 3.05) is 0 Å². The second-order valence-corrected chi connectivity index (χ2v) is 4.16. The van der Waals surface area contributed by atoms with Crippen LogP contribution >= 0.6 is 0 Å². The first kappa shape index (κ1) is 11.5. The van der Waals surface area contributed by atoms with Crippen LogP contribution in [0.1, 0.15) is 25.6 Å². The van der Waals surface area contributed by atoms with Crippen LogP contribution in [-0.4, -0.2) is 19.5 Å². The van der Waals surface area contributed by atoms with Crippen LogP contribution in [0.25, 0.3) is 11.5 Å². The number of rotatable bonds is 2. The second kappa shape index (κ2) is 4.12. The SMILES string of the molecule is CC(C)c1nc(-c2ncc(F)c(=O)[nH]2)cn1C. The highest BCUT2D eigenvalue weighted by atomic mass is 19.1. The molecule has 0 aliphatic carbocycles. The first-order chi connectivity index (χ1) is 7.99. The third kappa shape index (κ3) is 2.11. The summed E-state index contributed by atoms with van der Waals surface area (Å²) in [6.45, 7) is 4.04. The van der Waals surface area contributed by atoms with Crippen LogP contribution < -0.4 is 5.56 Å². The monoisotopic (exact) mass is 236 g/mol. The van der Waals surface area contributed by atoms with E-state index in [1.54, 1.807) is 6.20 Å². The van der Waals surface area contributed by atoms with Gasteiger partial charge in [-0.15, -0.1) is 0 Å². The number of aryl methyl sites for hydroxylation is 1. The highest BCUT2D eigenvalue weighted by molar-refractivity contribution is 5.47. The molecule has 2 heterocycles. The van der Waals surface area contributed by atoms with Gasteiger partial charge in [-0.05, 0) is 0 Å². The summed E-state index contributed by atoms with van der Waals surface area (Å²) in [5.41, 5.74) is -0.250. The minimum absolute atomic E-state index is 0.265. The zero-order chi connectivity index (χ0) is 12.6. The smallest absolute Gasteiger partial charge is 0.287 e. The van der Waals surface area contributed by atoms with Crippen LogP contribution in [0, 0.1) is 5.82 Å². The van der Waals surface area contributed by atoms with E-state index in [0.29, 0.717) is 5.69 Å². The standard InChI is InChI=1S/C11H13FN4O/c1-6(2)10-14-8(5-16(10)3)9-13-4-7(12)11(17)15-9/h4-6H,1-3H3,(H,13,15,17). The average Bonchev–Trinajstić information content (AvgIpc) is 2.64. The van der Waals surface area contributed by atoms with Crippen molar-refractivity contribution >= 4 is 0 Å². The molecular weight excluding hydrogens is 223 g/mol. The molecule has 0 saturated carbocycles. The van der Waals surface area contributed by atoms with Gasteiger partial charge in [0.05, 0.1) is 6.20 Å². The Kier molecular flexibility index (Phi) is 2.79. The Morgan fingerprint density at radius 2 is 2.18 bits per heavy atom. The first-order valence-electron chi connectivity index (χ1n) is 5.27. The molecule has 2 rings (SSSR count). The molecule has 2 aromatic rings. The molecule has 0 fully saturated rings. The zero-order valence-electron chi connectivity index (χ0n) is 9.86. The van der Waals surface area contributed by atoms with Crippen LogP contribution in [0.4, 0.5) is 4.39 Å². The van der Waals surface area contributed by atoms with Crippen molar-refractivity contribution < 1.29 is 4.39 Å². The largest absolute Gasteiger partial charge is 0.337 e. The summed E-state index contributed by atoms with van der Waals surface area (Å²) in [4.78, 5) is 21.7. The van der Waals surface area contributed by atoms with E-state index in [0.717, 1.165) is 12.0 Å². The number of imidazole rings is 1. The van der Waals surface area contributed by atoms with E-state index in [-0.39, 0.29) is 11.7 Å². The van der Waals surface area contributed by atoms with E-state index < -0.39 is 11.4 Å². The summed E-state index contributed by atoms with van der Waals surface area (Å²) < 4.78 is 14.7. The van der Waals surface area contributed by atoms with Crippen molar-refractivity contribution in [2.45, 2.75) is 19.8 Å². The third-order valence-corrected chi connectivity index (χ3v) is 2.43. The van der Waals surface area contributed by atoms with E-state index >= 15 is 0 Å². The molecule has 0 aromatic carbocycles. The van der Waals surface area contributed by atoms with E-state index in [1.807, 2.05) is 25.5 Å². The molecule has 0 aliphatic heterocycles. The fourth-order valence-corrected chi connectivity index (χ4v) is 1.64. The zero-order valence-corrected chi connectivity index (χ0v) is 9.86. The molecule has 0 unspecified atom stereocenters. The number of H-pyrrole nitrogens is 1. The molecule has 0 aliphatic rings. The normalized spacial score (nSPS) is 11.1. The molecule has 0 saturated heterocycles. The third-order valence-electron chi connectivity index (χ3n) is 2.43. The lowest BCUT2D eigenvalue weighted by atomic mass is 10.2. The summed E-state index contributed by atoms with van der Waals surface area (Å²) in [7, 11) is 1.87. The molecule has 1 N–H and O–H groups in total. The van der Waals surface area contributed by atoms with Crippen LogP contribution in [0.3, 0.4) is 0 Å². The van der Waals surface area contributed by atoms with Gasteiger partial charge in [-0.1, -0.05) is 13.8 Å². The van der Waals surface area contributed by atoms with Gasteiger partial charge in [0.2, 0.25) is 5.82 Å². The fourth-order valence-electron chi connectivity index (χ4n) is 1.64. The quantitative estimate of drug-likeness (QED) is 0.858. The number of aromatic nitrogens is 4. The van der Waals surface area contributed by atoms with Gasteiger partial charge in [0.15, 0.2) is 5.82 Å². The van der Waals surface area contributed by atoms with Gasteiger partial charge in [-0.2, -0.15) is 4.39 Å². The van der Waals surface area contributed by atoms with Gasteiger partial charge < -0.3 is 9.55 Å². The van der Waals surface area contributed by atoms with E-state index in [2.05, 4.69) is 15.0 Å². The number of halogens is 1. The van der Waals surface area contributed by atoms with E-state index in [9.17, 15) is 9.18 Å². The topological polar surface area (TPSA) is 63.6 Å². The van der Waals surface area contributed by atoms with Crippen molar-refractivity contribution in [3.63, 3.8) is 0 Å². The average molecular weight is 236 g/mol. The van der Waals surface area contributed by atoms with Crippen LogP contribution in [-0.2, 0) is 7.05 Å². The number of hydrogen-bond acceptors (Lipinski definition) is 3. The minimum Gasteiger partial charge on any atom is -0.337 e. The molecular formula is C11H13FN4O. The summed E-state index contributed by atoms with van der Waals surface area (Å²) in [5, 5.41) is 0. The Bertz CT molecular complexity index is 600. The van der Waals surface area contributed by atoms with Crippen molar-refractivity contribution in [1.29, 1.82) is 0 Å². The Labute approximate surface area is 97.4 Å². The molecule has 6 heteroatoms. The Hall–Kier alpha value is -1.98. The van der Waals surface area contributed by atoms with Crippen molar-refractivity contribution in [1.82, 2.24) is 19.5 Å². The lowest BCUT2D eigenvalue weighted by molar-refractivity contribution is 0.601. The lowest BCUT2D eigenvalue weighted by Gasteiger charge is -2.02. The van der Waals surface area contributed by atoms with Gasteiger partial charge in [-0.25, -0.2) is 9.97 Å². The molecule has 2 aromatic heterocycles. The van der Waals surface area contributed by atoms with E-state index in [4.69, 9.17) is 0 Å². The molecule has 0 atom stereocenters. The Morgan fingerprint density at radius 1 is 1.47 bits per heavy atom. The minimum atomic E-state index is -0.895. The van der Waals surface area contributed by atoms with Crippen molar-refractivity contribution in [2.24, 2.45) is 7.05 Å². The second-order valence-electron chi connectivity index (χ2n) is 4.16. The maximum Gasteiger partial charge on any atom is 0.287 e. The number of hydrogen-bond donors (Lipinski definition) is 1. The van der Waals surface area contributed by atoms with Gasteiger partial charge in [-0.3, -0.25) is 4.79 Å². The first-order valence-corrected chi connectivity index (χ1v) is 5.27. The number of nitrogens with one attached hydrogen (secondary N) is 1. The Balaban J connectivity index is 2.50. The van der Waals surface area contributed by atoms with Crippen LogP contribution in [0.5, 0.6) is 0 Å². The summed E-state index contributed by atoms with van der Waals surface area (Å²) in [6, 6.07) is 0. The molecule has 17 heavy (non-hydrogen) atoms. The van der Waals surface area contributed by atoms with Gasteiger partial charge in [0, 0.05) is 19.2 Å². The lowest BCUT2D eigenvalue weighted by Crippen LogP contribution is -2.12. The van der Waals surface area contributed by atoms with Crippen molar-refractivity contribution in [3.8, 4) is 11.5 Å². The van der Waals surface area contributed by atoms with E-state index in [1.165, 1.54) is 0 Å². The molecule has 5 nitrogen and oxygen atoms in total. The molecule has 0 amide bonds. The predicted octanol–water partition coefficient (Wildman–Crippen LogP) is 1.43. The summed E-state index contributed by atoms with van der Waals surface area (Å²) in [5.74, 6) is 0.528. The summed E-state index contributed by atoms with van der Waals surface area (Å²) >= 11 is 0. The maximum atomic E-state index is 12.8. The van der Waals surface area contributed by atoms with Gasteiger partial charge in [0.1, 0.15) is 11.5 Å². The van der Waals surface area contributed by atoms with Gasteiger partial charge in [0.25, 0.3) is 5.56 Å².